The van der Waals surface area contributed by atoms with Crippen LogP contribution in [0.3, 0.4) is 0 Å². The first-order valence-corrected chi connectivity index (χ1v) is 14.4. The van der Waals surface area contributed by atoms with Crippen LogP contribution in [-0.4, -0.2) is 57.8 Å². The quantitative estimate of drug-likeness (QED) is 0.224. The second-order valence-electron chi connectivity index (χ2n) is 11.6. The predicted molar refractivity (Wildman–Crippen MR) is 169 cm³/mol. The van der Waals surface area contributed by atoms with E-state index in [-0.39, 0.29) is 30.7 Å². The van der Waals surface area contributed by atoms with Crippen molar-refractivity contribution in [3.8, 4) is 17.3 Å². The Morgan fingerprint density at radius 2 is 1.60 bits per heavy atom. The number of aromatic nitrogens is 2. The molecule has 1 aromatic carbocycles. The van der Waals surface area contributed by atoms with Crippen LogP contribution in [0.15, 0.2) is 42.6 Å². The number of fused-ring (bicyclic) bond motifs is 1. The largest absolute Gasteiger partial charge is 0.339 e. The molecule has 1 aliphatic heterocycles. The second kappa shape index (κ2) is 16.0. The molecule has 1 amide bonds. The Labute approximate surface area is 252 Å². The standard InChI is InChI=1S/C32H43N5O.2ClH/c1-24(2)15-20-36(21-16-25(3)4)32(38)28-13-14-30-34-31(27-11-9-26(22-33)10-12-27)29(37(30)23-28)8-7-19-35-17-5-6-18-35;;/h9-14,23-25H,5-8,15-21H2,1-4H3;2*1H. The van der Waals surface area contributed by atoms with E-state index in [4.69, 9.17) is 4.98 Å². The SMILES string of the molecule is CC(C)CCN(CCC(C)C)C(=O)c1ccc2nc(-c3ccc(C#N)cc3)c(CCCN3CCCC3)n2c1.Cl.Cl. The van der Waals surface area contributed by atoms with E-state index in [2.05, 4.69) is 43.1 Å². The molecule has 0 atom stereocenters. The Hall–Kier alpha value is -2.59. The van der Waals surface area contributed by atoms with Gasteiger partial charge in [-0.2, -0.15) is 5.26 Å². The van der Waals surface area contributed by atoms with E-state index in [1.54, 1.807) is 0 Å². The maximum Gasteiger partial charge on any atom is 0.255 e. The fraction of sp³-hybridized carbons (Fsp3) is 0.531. The fourth-order valence-electron chi connectivity index (χ4n) is 5.19. The number of pyridine rings is 1. The number of likely N-dealkylation sites (tertiary alicyclic amines) is 1. The molecule has 3 heterocycles. The van der Waals surface area contributed by atoms with E-state index < -0.39 is 0 Å². The van der Waals surface area contributed by atoms with Gasteiger partial charge in [0.2, 0.25) is 0 Å². The van der Waals surface area contributed by atoms with E-state index >= 15 is 0 Å². The monoisotopic (exact) mass is 585 g/mol. The van der Waals surface area contributed by atoms with Crippen molar-refractivity contribution < 1.29 is 4.79 Å². The fourth-order valence-corrected chi connectivity index (χ4v) is 5.19. The molecular weight excluding hydrogens is 541 g/mol. The summed E-state index contributed by atoms with van der Waals surface area (Å²) in [5, 5.41) is 9.24. The Bertz CT molecular complexity index is 1240. The molecule has 218 valence electrons. The summed E-state index contributed by atoms with van der Waals surface area (Å²) in [5.74, 6) is 1.21. The average molecular weight is 587 g/mol. The van der Waals surface area contributed by atoms with E-state index in [9.17, 15) is 10.1 Å². The highest BCUT2D eigenvalue weighted by Crippen LogP contribution is 2.27. The number of rotatable bonds is 12. The lowest BCUT2D eigenvalue weighted by Crippen LogP contribution is -2.34. The average Bonchev–Trinajstić information content (AvgIpc) is 3.56. The minimum absolute atomic E-state index is 0. The number of carbonyl (C=O) groups excluding carboxylic acids is 1. The van der Waals surface area contributed by atoms with Gasteiger partial charge >= 0.3 is 0 Å². The number of imidazole rings is 1. The molecule has 8 heteroatoms. The summed E-state index contributed by atoms with van der Waals surface area (Å²) in [6.07, 6.45) is 8.52. The van der Waals surface area contributed by atoms with Gasteiger partial charge in [0.25, 0.3) is 5.91 Å². The van der Waals surface area contributed by atoms with Crippen molar-refractivity contribution in [3.63, 3.8) is 0 Å². The topological polar surface area (TPSA) is 64.6 Å². The van der Waals surface area contributed by atoms with Gasteiger partial charge in [0.05, 0.1) is 28.6 Å². The molecule has 3 aromatic rings. The van der Waals surface area contributed by atoms with Gasteiger partial charge in [-0.15, -0.1) is 24.8 Å². The molecule has 40 heavy (non-hydrogen) atoms. The molecule has 6 nitrogen and oxygen atoms in total. The van der Waals surface area contributed by atoms with Crippen molar-refractivity contribution in [2.75, 3.05) is 32.7 Å². The van der Waals surface area contributed by atoms with E-state index in [0.29, 0.717) is 17.4 Å². The maximum absolute atomic E-state index is 13.7. The smallest absolute Gasteiger partial charge is 0.255 e. The van der Waals surface area contributed by atoms with E-state index in [1.807, 2.05) is 47.5 Å². The van der Waals surface area contributed by atoms with Crippen LogP contribution in [-0.2, 0) is 6.42 Å². The first-order chi connectivity index (χ1) is 18.4. The summed E-state index contributed by atoms with van der Waals surface area (Å²) in [6, 6.07) is 13.8. The Morgan fingerprint density at radius 3 is 2.17 bits per heavy atom. The third kappa shape index (κ3) is 8.70. The summed E-state index contributed by atoms with van der Waals surface area (Å²) in [7, 11) is 0. The summed E-state index contributed by atoms with van der Waals surface area (Å²) < 4.78 is 2.13. The van der Waals surface area contributed by atoms with Gasteiger partial charge in [-0.1, -0.05) is 39.8 Å². The van der Waals surface area contributed by atoms with Gasteiger partial charge in [-0.3, -0.25) is 4.79 Å². The van der Waals surface area contributed by atoms with E-state index in [0.717, 1.165) is 73.5 Å². The summed E-state index contributed by atoms with van der Waals surface area (Å²) in [4.78, 5) is 23.3. The van der Waals surface area contributed by atoms with Crippen LogP contribution < -0.4 is 0 Å². The number of halogens is 2. The second-order valence-corrected chi connectivity index (χ2v) is 11.6. The van der Waals surface area contributed by atoms with Gasteiger partial charge in [0.1, 0.15) is 5.65 Å². The molecule has 0 unspecified atom stereocenters. The zero-order valence-electron chi connectivity index (χ0n) is 24.4. The van der Waals surface area contributed by atoms with Gasteiger partial charge in [0, 0.05) is 24.8 Å². The van der Waals surface area contributed by atoms with Crippen LogP contribution in [0.25, 0.3) is 16.9 Å². The van der Waals surface area contributed by atoms with Gasteiger partial charge < -0.3 is 14.2 Å². The molecule has 1 fully saturated rings. The molecule has 0 radical (unpaired) electrons. The molecule has 0 N–H and O–H groups in total. The molecule has 0 bridgehead atoms. The van der Waals surface area contributed by atoms with Crippen molar-refractivity contribution >= 4 is 36.4 Å². The Kier molecular flexibility index (Phi) is 13.4. The highest BCUT2D eigenvalue weighted by molar-refractivity contribution is 5.94. The Morgan fingerprint density at radius 1 is 0.975 bits per heavy atom. The molecule has 0 aliphatic carbocycles. The molecule has 2 aromatic heterocycles. The van der Waals surface area contributed by atoms with Crippen LogP contribution in [0, 0.1) is 23.2 Å². The highest BCUT2D eigenvalue weighted by Gasteiger charge is 2.20. The van der Waals surface area contributed by atoms with Crippen LogP contribution >= 0.6 is 24.8 Å². The zero-order valence-corrected chi connectivity index (χ0v) is 26.1. The number of aryl methyl sites for hydroxylation is 1. The van der Waals surface area contributed by atoms with Crippen LogP contribution in [0.2, 0.25) is 0 Å². The van der Waals surface area contributed by atoms with Crippen LogP contribution in [0.5, 0.6) is 0 Å². The summed E-state index contributed by atoms with van der Waals surface area (Å²) in [6.45, 7) is 13.9. The Balaban J connectivity index is 0.00000280. The minimum Gasteiger partial charge on any atom is -0.339 e. The third-order valence-electron chi connectivity index (χ3n) is 7.58. The number of amides is 1. The van der Waals surface area contributed by atoms with Crippen molar-refractivity contribution in [2.45, 2.75) is 66.2 Å². The summed E-state index contributed by atoms with van der Waals surface area (Å²) >= 11 is 0. The normalized spacial score (nSPS) is 13.3. The maximum atomic E-state index is 13.7. The highest BCUT2D eigenvalue weighted by atomic mass is 35.5. The third-order valence-corrected chi connectivity index (χ3v) is 7.58. The van der Waals surface area contributed by atoms with Crippen molar-refractivity contribution in [3.05, 3.63) is 59.4 Å². The lowest BCUT2D eigenvalue weighted by atomic mass is 10.1. The molecule has 0 spiro atoms. The van der Waals surface area contributed by atoms with Gasteiger partial charge in [0.15, 0.2) is 0 Å². The lowest BCUT2D eigenvalue weighted by molar-refractivity contribution is 0.0740. The first kappa shape index (κ1) is 33.6. The number of nitrogens with zero attached hydrogens (tertiary/aromatic N) is 5. The number of carbonyl (C=O) groups is 1. The zero-order chi connectivity index (χ0) is 27.1. The number of nitriles is 1. The van der Waals surface area contributed by atoms with E-state index in [1.165, 1.54) is 25.9 Å². The lowest BCUT2D eigenvalue weighted by Gasteiger charge is -2.24. The number of hydrogen-bond donors (Lipinski definition) is 0. The van der Waals surface area contributed by atoms with Crippen LogP contribution in [0.1, 0.15) is 81.4 Å². The minimum atomic E-state index is 0. The van der Waals surface area contributed by atoms with Crippen molar-refractivity contribution in [1.82, 2.24) is 19.2 Å². The number of hydrogen-bond acceptors (Lipinski definition) is 4. The molecule has 1 saturated heterocycles. The predicted octanol–water partition coefficient (Wildman–Crippen LogP) is 7.28. The molecule has 4 rings (SSSR count). The molecule has 0 saturated carbocycles. The van der Waals surface area contributed by atoms with Crippen molar-refractivity contribution in [2.24, 2.45) is 11.8 Å². The van der Waals surface area contributed by atoms with Crippen LogP contribution in [0.4, 0.5) is 0 Å². The van der Waals surface area contributed by atoms with Crippen molar-refractivity contribution in [1.29, 1.82) is 5.26 Å². The van der Waals surface area contributed by atoms with Gasteiger partial charge in [-0.05, 0) is 94.3 Å². The first-order valence-electron chi connectivity index (χ1n) is 14.4. The molecule has 1 aliphatic rings. The summed E-state index contributed by atoms with van der Waals surface area (Å²) in [5.41, 5.74) is 5.30. The molecular formula is C32H45Cl2N5O. The number of benzene rings is 1. The van der Waals surface area contributed by atoms with Gasteiger partial charge in [-0.25, -0.2) is 4.98 Å².